The predicted octanol–water partition coefficient (Wildman–Crippen LogP) is 5.64. The number of halogens is 2. The molecular formula is C16H16Cl2. The van der Waals surface area contributed by atoms with Crippen molar-refractivity contribution in [3.63, 3.8) is 0 Å². The molecule has 2 aromatic rings. The second kappa shape index (κ2) is 6.82. The lowest BCUT2D eigenvalue weighted by Crippen LogP contribution is -1.92. The molecule has 0 nitrogen and oxygen atoms in total. The highest BCUT2D eigenvalue weighted by atomic mass is 35.5. The lowest BCUT2D eigenvalue weighted by atomic mass is 10.0. The van der Waals surface area contributed by atoms with Gasteiger partial charge >= 0.3 is 0 Å². The number of rotatable bonds is 5. The second-order valence-corrected chi connectivity index (χ2v) is 5.36. The van der Waals surface area contributed by atoms with Gasteiger partial charge in [-0.15, -0.1) is 11.6 Å². The molecule has 0 saturated heterocycles. The summed E-state index contributed by atoms with van der Waals surface area (Å²) in [5, 5.41) is 0.900. The van der Waals surface area contributed by atoms with Crippen molar-refractivity contribution >= 4 is 23.2 Å². The maximum Gasteiger partial charge on any atom is 0.0585 e. The van der Waals surface area contributed by atoms with Crippen LogP contribution in [0.2, 0.25) is 5.02 Å². The summed E-state index contributed by atoms with van der Waals surface area (Å²) >= 11 is 12.2. The van der Waals surface area contributed by atoms with Crippen molar-refractivity contribution in [1.29, 1.82) is 0 Å². The molecule has 2 aromatic carbocycles. The smallest absolute Gasteiger partial charge is 0.0585 e. The van der Waals surface area contributed by atoms with Crippen LogP contribution in [0.25, 0.3) is 0 Å². The van der Waals surface area contributed by atoms with E-state index in [0.29, 0.717) is 0 Å². The minimum absolute atomic E-state index is 0.110. The molecule has 0 amide bonds. The van der Waals surface area contributed by atoms with Crippen molar-refractivity contribution in [3.8, 4) is 0 Å². The Morgan fingerprint density at radius 2 is 1.56 bits per heavy atom. The number of aryl methyl sites for hydroxylation is 1. The van der Waals surface area contributed by atoms with Crippen LogP contribution in [-0.4, -0.2) is 0 Å². The van der Waals surface area contributed by atoms with Crippen molar-refractivity contribution in [3.05, 3.63) is 70.7 Å². The van der Waals surface area contributed by atoms with Crippen molar-refractivity contribution in [2.24, 2.45) is 0 Å². The summed E-state index contributed by atoms with van der Waals surface area (Å²) < 4.78 is 0. The molecule has 1 atom stereocenters. The molecule has 2 rings (SSSR count). The third-order valence-corrected chi connectivity index (χ3v) is 3.72. The summed E-state index contributed by atoms with van der Waals surface area (Å²) in [5.41, 5.74) is 2.52. The van der Waals surface area contributed by atoms with Crippen LogP contribution < -0.4 is 0 Å². The molecule has 0 aliphatic carbocycles. The molecule has 0 N–H and O–H groups in total. The van der Waals surface area contributed by atoms with Gasteiger partial charge in [-0.2, -0.15) is 0 Å². The van der Waals surface area contributed by atoms with Crippen LogP contribution in [0.3, 0.4) is 0 Å². The van der Waals surface area contributed by atoms with Crippen LogP contribution in [0.5, 0.6) is 0 Å². The van der Waals surface area contributed by atoms with E-state index in [0.717, 1.165) is 24.3 Å². The van der Waals surface area contributed by atoms with E-state index in [1.165, 1.54) is 11.1 Å². The van der Waals surface area contributed by atoms with E-state index < -0.39 is 0 Å². The van der Waals surface area contributed by atoms with Crippen molar-refractivity contribution in [2.45, 2.75) is 24.6 Å². The maximum absolute atomic E-state index is 6.38. The van der Waals surface area contributed by atoms with Crippen molar-refractivity contribution < 1.29 is 0 Å². The molecule has 1 unspecified atom stereocenters. The van der Waals surface area contributed by atoms with Gasteiger partial charge in [0.15, 0.2) is 0 Å². The van der Waals surface area contributed by atoms with Gasteiger partial charge in [0.1, 0.15) is 0 Å². The Bertz CT molecular complexity index is 462. The molecular weight excluding hydrogens is 263 g/mol. The molecule has 18 heavy (non-hydrogen) atoms. The normalized spacial score (nSPS) is 12.3. The third kappa shape index (κ3) is 4.04. The van der Waals surface area contributed by atoms with E-state index in [1.807, 2.05) is 30.3 Å². The van der Waals surface area contributed by atoms with E-state index in [-0.39, 0.29) is 5.38 Å². The Balaban J connectivity index is 1.80. The fraction of sp³-hybridized carbons (Fsp3) is 0.250. The summed E-state index contributed by atoms with van der Waals surface area (Å²) in [6, 6.07) is 18.3. The average molecular weight is 279 g/mol. The van der Waals surface area contributed by atoms with Crippen LogP contribution in [0, 0.1) is 0 Å². The van der Waals surface area contributed by atoms with Crippen LogP contribution in [0.15, 0.2) is 54.6 Å². The summed E-state index contributed by atoms with van der Waals surface area (Å²) in [7, 11) is 0. The fourth-order valence-electron chi connectivity index (χ4n) is 1.97. The lowest BCUT2D eigenvalue weighted by Gasteiger charge is -2.09. The molecule has 0 aliphatic rings. The highest BCUT2D eigenvalue weighted by molar-refractivity contribution is 6.30. The highest BCUT2D eigenvalue weighted by Crippen LogP contribution is 2.26. The monoisotopic (exact) mass is 278 g/mol. The van der Waals surface area contributed by atoms with Gasteiger partial charge in [0.05, 0.1) is 5.38 Å². The topological polar surface area (TPSA) is 0 Å². The summed E-state index contributed by atoms with van der Waals surface area (Å²) in [5.74, 6) is 0. The minimum Gasteiger partial charge on any atom is -0.118 e. The zero-order valence-corrected chi connectivity index (χ0v) is 11.7. The largest absolute Gasteiger partial charge is 0.118 e. The van der Waals surface area contributed by atoms with Crippen LogP contribution in [-0.2, 0) is 6.42 Å². The van der Waals surface area contributed by atoms with E-state index in [9.17, 15) is 0 Å². The first-order valence-corrected chi connectivity index (χ1v) is 7.00. The molecule has 0 aromatic heterocycles. The lowest BCUT2D eigenvalue weighted by molar-refractivity contribution is 0.716. The highest BCUT2D eigenvalue weighted by Gasteiger charge is 2.06. The van der Waals surface area contributed by atoms with Gasteiger partial charge in [-0.05, 0) is 42.5 Å². The quantitative estimate of drug-likeness (QED) is 0.621. The molecule has 0 fully saturated rings. The zero-order valence-electron chi connectivity index (χ0n) is 10.2. The maximum atomic E-state index is 6.38. The van der Waals surface area contributed by atoms with Gasteiger partial charge in [-0.25, -0.2) is 0 Å². The van der Waals surface area contributed by atoms with E-state index >= 15 is 0 Å². The van der Waals surface area contributed by atoms with Crippen molar-refractivity contribution in [2.75, 3.05) is 0 Å². The van der Waals surface area contributed by atoms with Crippen molar-refractivity contribution in [1.82, 2.24) is 0 Å². The Labute approximate surface area is 119 Å². The molecule has 0 spiro atoms. The first-order valence-electron chi connectivity index (χ1n) is 6.19. The Hall–Kier alpha value is -0.980. The molecule has 0 aliphatic heterocycles. The summed E-state index contributed by atoms with van der Waals surface area (Å²) in [6.07, 6.45) is 3.13. The zero-order chi connectivity index (χ0) is 12.8. The molecule has 94 valence electrons. The number of hydrogen-bond acceptors (Lipinski definition) is 0. The Kier molecular flexibility index (Phi) is 5.10. The molecule has 0 heterocycles. The van der Waals surface area contributed by atoms with Gasteiger partial charge in [-0.1, -0.05) is 54.1 Å². The van der Waals surface area contributed by atoms with Gasteiger partial charge in [0.2, 0.25) is 0 Å². The van der Waals surface area contributed by atoms with Crippen LogP contribution in [0.4, 0.5) is 0 Å². The second-order valence-electron chi connectivity index (χ2n) is 4.40. The summed E-state index contributed by atoms with van der Waals surface area (Å²) in [6.45, 7) is 0. The third-order valence-electron chi connectivity index (χ3n) is 3.00. The van der Waals surface area contributed by atoms with E-state index in [4.69, 9.17) is 23.2 Å². The minimum atomic E-state index is 0.110. The van der Waals surface area contributed by atoms with Gasteiger partial charge in [0, 0.05) is 5.02 Å². The Morgan fingerprint density at radius 3 is 2.22 bits per heavy atom. The first kappa shape index (κ1) is 13.5. The number of alkyl halides is 1. The number of benzene rings is 2. The summed E-state index contributed by atoms with van der Waals surface area (Å²) in [4.78, 5) is 0. The fourth-order valence-corrected chi connectivity index (χ4v) is 2.39. The number of hydrogen-bond donors (Lipinski definition) is 0. The van der Waals surface area contributed by atoms with Gasteiger partial charge in [-0.3, -0.25) is 0 Å². The average Bonchev–Trinajstić information content (AvgIpc) is 2.42. The van der Waals surface area contributed by atoms with E-state index in [1.54, 1.807) is 0 Å². The van der Waals surface area contributed by atoms with Gasteiger partial charge < -0.3 is 0 Å². The molecule has 2 heteroatoms. The Morgan fingerprint density at radius 1 is 0.889 bits per heavy atom. The predicted molar refractivity (Wildman–Crippen MR) is 79.4 cm³/mol. The molecule has 0 bridgehead atoms. The molecule has 0 radical (unpaired) electrons. The standard InChI is InChI=1S/C16H16Cl2/c17-15-11-9-13(10-12-15)5-4-8-16(18)14-6-2-1-3-7-14/h1-3,6-7,9-12,16H,4-5,8H2. The molecule has 0 saturated carbocycles. The van der Waals surface area contributed by atoms with Gasteiger partial charge in [0.25, 0.3) is 0 Å². The first-order chi connectivity index (χ1) is 8.75. The SMILES string of the molecule is Clc1ccc(CCCC(Cl)c2ccccc2)cc1. The van der Waals surface area contributed by atoms with Crippen LogP contribution in [0.1, 0.15) is 29.3 Å². The van der Waals surface area contributed by atoms with Crippen LogP contribution >= 0.6 is 23.2 Å². The van der Waals surface area contributed by atoms with E-state index in [2.05, 4.69) is 24.3 Å².